The molecule has 0 atom stereocenters. The van der Waals surface area contributed by atoms with Crippen LogP contribution >= 0.6 is 0 Å². The van der Waals surface area contributed by atoms with Gasteiger partial charge in [0.1, 0.15) is 11.6 Å². The summed E-state index contributed by atoms with van der Waals surface area (Å²) < 4.78 is 32.0. The summed E-state index contributed by atoms with van der Waals surface area (Å²) in [5, 5.41) is 4.97. The first-order valence-corrected chi connectivity index (χ1v) is 8.68. The Morgan fingerprint density at radius 1 is 1.12 bits per heavy atom. The van der Waals surface area contributed by atoms with E-state index in [1.54, 1.807) is 0 Å². The zero-order valence-electron chi connectivity index (χ0n) is 14.2. The molecule has 1 aromatic rings. The highest BCUT2D eigenvalue weighted by Crippen LogP contribution is 2.20. The molecule has 1 aliphatic rings. The van der Waals surface area contributed by atoms with Crippen molar-refractivity contribution in [3.63, 3.8) is 0 Å². The van der Waals surface area contributed by atoms with Gasteiger partial charge in [0.2, 0.25) is 5.91 Å². The summed E-state index contributed by atoms with van der Waals surface area (Å²) in [6, 6.07) is 2.66. The number of amides is 2. The Morgan fingerprint density at radius 2 is 1.88 bits per heavy atom. The Balaban J connectivity index is 1.58. The van der Waals surface area contributed by atoms with Crippen LogP contribution in [0.15, 0.2) is 18.2 Å². The van der Waals surface area contributed by atoms with Crippen LogP contribution in [0.4, 0.5) is 8.78 Å². The Hall–Kier alpha value is -2.02. The van der Waals surface area contributed by atoms with E-state index in [0.717, 1.165) is 25.0 Å². The van der Waals surface area contributed by atoms with E-state index in [9.17, 15) is 18.4 Å². The van der Waals surface area contributed by atoms with Crippen LogP contribution in [0, 0.1) is 11.6 Å². The number of carbonyl (C=O) groups excluding carboxylic acids is 2. The van der Waals surface area contributed by atoms with E-state index >= 15 is 0 Å². The van der Waals surface area contributed by atoms with Crippen molar-refractivity contribution in [2.45, 2.75) is 44.6 Å². The Labute approximate surface area is 146 Å². The summed E-state index contributed by atoms with van der Waals surface area (Å²) in [5.74, 6) is -2.85. The minimum atomic E-state index is -0.960. The first-order valence-electron chi connectivity index (χ1n) is 8.68. The SMILES string of the molecule is O=C(CNC(=O)c1ccc(F)cc1F)NCCCOC1CCCCC1. The lowest BCUT2D eigenvalue weighted by Crippen LogP contribution is -2.37. The van der Waals surface area contributed by atoms with E-state index in [1.165, 1.54) is 19.3 Å². The molecule has 2 N–H and O–H groups in total. The number of benzene rings is 1. The van der Waals surface area contributed by atoms with Crippen LogP contribution in [0.2, 0.25) is 0 Å². The summed E-state index contributed by atoms with van der Waals surface area (Å²) in [4.78, 5) is 23.4. The summed E-state index contributed by atoms with van der Waals surface area (Å²) in [6.45, 7) is 0.781. The van der Waals surface area contributed by atoms with Crippen molar-refractivity contribution in [3.8, 4) is 0 Å². The second-order valence-corrected chi connectivity index (χ2v) is 6.14. The van der Waals surface area contributed by atoms with Crippen LogP contribution in [0.5, 0.6) is 0 Å². The third-order valence-corrected chi connectivity index (χ3v) is 4.13. The molecule has 1 saturated carbocycles. The van der Waals surface area contributed by atoms with Crippen molar-refractivity contribution in [3.05, 3.63) is 35.4 Å². The number of nitrogens with one attached hydrogen (secondary N) is 2. The Kier molecular flexibility index (Phi) is 7.78. The molecule has 1 aromatic carbocycles. The molecule has 1 aliphatic carbocycles. The lowest BCUT2D eigenvalue weighted by molar-refractivity contribution is -0.120. The molecular formula is C18H24F2N2O3. The zero-order valence-corrected chi connectivity index (χ0v) is 14.2. The van der Waals surface area contributed by atoms with Gasteiger partial charge in [-0.05, 0) is 31.4 Å². The van der Waals surface area contributed by atoms with Gasteiger partial charge in [-0.15, -0.1) is 0 Å². The van der Waals surface area contributed by atoms with E-state index in [4.69, 9.17) is 4.74 Å². The predicted molar refractivity (Wildman–Crippen MR) is 89.1 cm³/mol. The van der Waals surface area contributed by atoms with Crippen LogP contribution in [0.3, 0.4) is 0 Å². The predicted octanol–water partition coefficient (Wildman–Crippen LogP) is 2.55. The molecule has 0 aromatic heterocycles. The van der Waals surface area contributed by atoms with Crippen LogP contribution in [-0.4, -0.2) is 37.6 Å². The highest BCUT2D eigenvalue weighted by Gasteiger charge is 2.14. The smallest absolute Gasteiger partial charge is 0.254 e. The summed E-state index contributed by atoms with van der Waals surface area (Å²) in [5.41, 5.74) is -0.296. The van der Waals surface area contributed by atoms with Crippen molar-refractivity contribution in [2.75, 3.05) is 19.7 Å². The van der Waals surface area contributed by atoms with Crippen molar-refractivity contribution >= 4 is 11.8 Å². The molecule has 0 saturated heterocycles. The van der Waals surface area contributed by atoms with E-state index in [-0.39, 0.29) is 18.0 Å². The maximum Gasteiger partial charge on any atom is 0.254 e. The number of halogens is 2. The maximum absolute atomic E-state index is 13.5. The molecule has 2 rings (SSSR count). The molecule has 0 heterocycles. The molecule has 2 amide bonds. The van der Waals surface area contributed by atoms with Crippen LogP contribution in [-0.2, 0) is 9.53 Å². The number of hydrogen-bond acceptors (Lipinski definition) is 3. The number of ether oxygens (including phenoxy) is 1. The van der Waals surface area contributed by atoms with E-state index < -0.39 is 17.5 Å². The first kappa shape index (κ1) is 19.3. The van der Waals surface area contributed by atoms with Gasteiger partial charge in [0.15, 0.2) is 0 Å². The van der Waals surface area contributed by atoms with E-state index in [1.807, 2.05) is 0 Å². The highest BCUT2D eigenvalue weighted by molar-refractivity contribution is 5.96. The van der Waals surface area contributed by atoms with Gasteiger partial charge >= 0.3 is 0 Å². The van der Waals surface area contributed by atoms with Gasteiger partial charge in [0, 0.05) is 19.2 Å². The molecule has 7 heteroatoms. The first-order chi connectivity index (χ1) is 12.1. The Morgan fingerprint density at radius 3 is 2.60 bits per heavy atom. The fraction of sp³-hybridized carbons (Fsp3) is 0.556. The van der Waals surface area contributed by atoms with E-state index in [2.05, 4.69) is 10.6 Å². The topological polar surface area (TPSA) is 67.4 Å². The van der Waals surface area contributed by atoms with Gasteiger partial charge in [-0.25, -0.2) is 8.78 Å². The van der Waals surface area contributed by atoms with E-state index in [0.29, 0.717) is 31.7 Å². The molecule has 0 aliphatic heterocycles. The molecule has 5 nitrogen and oxygen atoms in total. The molecular weight excluding hydrogens is 330 g/mol. The van der Waals surface area contributed by atoms with Crippen molar-refractivity contribution < 1.29 is 23.1 Å². The zero-order chi connectivity index (χ0) is 18.1. The quantitative estimate of drug-likeness (QED) is 0.705. The van der Waals surface area contributed by atoms with Crippen LogP contribution in [0.1, 0.15) is 48.9 Å². The molecule has 0 bridgehead atoms. The standard InChI is InChI=1S/C18H24F2N2O3/c19-13-7-8-15(16(20)11-13)18(24)22-12-17(23)21-9-4-10-25-14-5-2-1-3-6-14/h7-8,11,14H,1-6,9-10,12H2,(H,21,23)(H,22,24). The van der Waals surface area contributed by atoms with Crippen molar-refractivity contribution in [1.82, 2.24) is 10.6 Å². The third kappa shape index (κ3) is 6.78. The lowest BCUT2D eigenvalue weighted by Gasteiger charge is -2.21. The van der Waals surface area contributed by atoms with Crippen molar-refractivity contribution in [1.29, 1.82) is 0 Å². The third-order valence-electron chi connectivity index (χ3n) is 4.13. The average Bonchev–Trinajstić information content (AvgIpc) is 2.60. The summed E-state index contributed by atoms with van der Waals surface area (Å²) >= 11 is 0. The molecule has 0 radical (unpaired) electrons. The normalized spacial score (nSPS) is 15.0. The Bertz CT molecular complexity index is 590. The van der Waals surface area contributed by atoms with Crippen molar-refractivity contribution in [2.24, 2.45) is 0 Å². The molecule has 0 unspecified atom stereocenters. The minimum absolute atomic E-state index is 0.265. The fourth-order valence-corrected chi connectivity index (χ4v) is 2.77. The second-order valence-electron chi connectivity index (χ2n) is 6.14. The molecule has 25 heavy (non-hydrogen) atoms. The average molecular weight is 354 g/mol. The number of hydrogen-bond donors (Lipinski definition) is 2. The van der Waals surface area contributed by atoms with Gasteiger partial charge < -0.3 is 15.4 Å². The van der Waals surface area contributed by atoms with Crippen LogP contribution in [0.25, 0.3) is 0 Å². The van der Waals surface area contributed by atoms with Crippen LogP contribution < -0.4 is 10.6 Å². The van der Waals surface area contributed by atoms with Gasteiger partial charge in [-0.1, -0.05) is 19.3 Å². The molecule has 138 valence electrons. The lowest BCUT2D eigenvalue weighted by atomic mass is 9.98. The van der Waals surface area contributed by atoms with Gasteiger partial charge in [0.25, 0.3) is 5.91 Å². The molecule has 0 spiro atoms. The maximum atomic E-state index is 13.5. The number of carbonyl (C=O) groups is 2. The molecule has 1 fully saturated rings. The van der Waals surface area contributed by atoms with Gasteiger partial charge in [-0.2, -0.15) is 0 Å². The largest absolute Gasteiger partial charge is 0.378 e. The summed E-state index contributed by atoms with van der Waals surface area (Å²) in [7, 11) is 0. The van der Waals surface area contributed by atoms with Gasteiger partial charge in [0.05, 0.1) is 18.2 Å². The fourth-order valence-electron chi connectivity index (χ4n) is 2.77. The minimum Gasteiger partial charge on any atom is -0.378 e. The number of rotatable bonds is 8. The highest BCUT2D eigenvalue weighted by atomic mass is 19.1. The second kappa shape index (κ2) is 10.1. The monoisotopic (exact) mass is 354 g/mol. The van der Waals surface area contributed by atoms with Gasteiger partial charge in [-0.3, -0.25) is 9.59 Å². The summed E-state index contributed by atoms with van der Waals surface area (Å²) in [6.07, 6.45) is 6.98.